The zero-order chi connectivity index (χ0) is 33.2. The number of halogens is 4. The number of amides is 3. The molecule has 0 aliphatic carbocycles. The highest BCUT2D eigenvalue weighted by atomic mass is 19.4. The number of alkyl halides is 3. The van der Waals surface area contributed by atoms with E-state index >= 15 is 0 Å². The van der Waals surface area contributed by atoms with Crippen molar-refractivity contribution < 1.29 is 51.0 Å². The minimum atomic E-state index is -4.84. The maximum absolute atomic E-state index is 14.2. The van der Waals surface area contributed by atoms with Crippen molar-refractivity contribution in [1.29, 1.82) is 0 Å². The largest absolute Gasteiger partial charge is 0.467 e. The van der Waals surface area contributed by atoms with Gasteiger partial charge in [-0.05, 0) is 83.0 Å². The topological polar surface area (TPSA) is 114 Å². The van der Waals surface area contributed by atoms with Gasteiger partial charge in [0.25, 0.3) is 5.91 Å². The van der Waals surface area contributed by atoms with E-state index in [1.165, 1.54) is 23.1 Å². The average Bonchev–Trinajstić information content (AvgIpc) is 2.89. The van der Waals surface area contributed by atoms with Crippen LogP contribution in [0.1, 0.15) is 57.5 Å². The van der Waals surface area contributed by atoms with Gasteiger partial charge in [-0.15, -0.1) is 0 Å². The summed E-state index contributed by atoms with van der Waals surface area (Å²) in [4.78, 5) is 54.5. The number of benzene rings is 2. The lowest BCUT2D eigenvalue weighted by Gasteiger charge is -2.40. The number of nitrogens with zero attached hydrogens (tertiary/aromatic N) is 2. The molecule has 1 fully saturated rings. The molecular formula is C30H35F4N3O7. The van der Waals surface area contributed by atoms with Crippen molar-refractivity contribution in [2.24, 2.45) is 0 Å². The first-order chi connectivity index (χ1) is 20.2. The summed E-state index contributed by atoms with van der Waals surface area (Å²) in [6.45, 7) is 9.41. The molecule has 0 bridgehead atoms. The quantitative estimate of drug-likeness (QED) is 0.248. The van der Waals surface area contributed by atoms with Crippen molar-refractivity contribution in [1.82, 2.24) is 9.80 Å². The normalized spacial score (nSPS) is 15.8. The molecule has 10 nitrogen and oxygen atoms in total. The third-order valence-corrected chi connectivity index (χ3v) is 6.21. The number of anilines is 1. The second kappa shape index (κ2) is 12.7. The summed E-state index contributed by atoms with van der Waals surface area (Å²) in [6.07, 6.45) is -6.47. The van der Waals surface area contributed by atoms with Gasteiger partial charge < -0.3 is 24.0 Å². The van der Waals surface area contributed by atoms with Crippen LogP contribution in [-0.2, 0) is 25.2 Å². The summed E-state index contributed by atoms with van der Waals surface area (Å²) >= 11 is 0. The van der Waals surface area contributed by atoms with E-state index in [9.17, 15) is 36.7 Å². The number of carbonyl (C=O) groups excluding carboxylic acids is 4. The maximum Gasteiger partial charge on any atom is 0.416 e. The van der Waals surface area contributed by atoms with Crippen molar-refractivity contribution in [2.75, 3.05) is 32.1 Å². The van der Waals surface area contributed by atoms with Gasteiger partial charge in [-0.3, -0.25) is 10.1 Å². The molecule has 3 rings (SSSR count). The van der Waals surface area contributed by atoms with Gasteiger partial charge in [0.15, 0.2) is 0 Å². The number of rotatable bonds is 4. The molecule has 3 amide bonds. The molecule has 1 heterocycles. The van der Waals surface area contributed by atoms with Gasteiger partial charge in [0, 0.05) is 13.1 Å². The third kappa shape index (κ3) is 8.83. The zero-order valence-corrected chi connectivity index (χ0v) is 25.4. The fraction of sp³-hybridized carbons (Fsp3) is 0.467. The van der Waals surface area contributed by atoms with Crippen LogP contribution in [0.2, 0.25) is 0 Å². The highest BCUT2D eigenvalue weighted by Gasteiger charge is 2.40. The molecule has 44 heavy (non-hydrogen) atoms. The smallest absolute Gasteiger partial charge is 0.416 e. The number of piperazine rings is 1. The number of ether oxygens (including phenoxy) is 3. The minimum Gasteiger partial charge on any atom is -0.467 e. The number of hydrogen-bond acceptors (Lipinski definition) is 7. The monoisotopic (exact) mass is 625 g/mol. The van der Waals surface area contributed by atoms with Gasteiger partial charge >= 0.3 is 24.3 Å². The van der Waals surface area contributed by atoms with Crippen molar-refractivity contribution in [3.8, 4) is 11.1 Å². The maximum atomic E-state index is 14.2. The van der Waals surface area contributed by atoms with E-state index in [1.807, 2.05) is 0 Å². The van der Waals surface area contributed by atoms with E-state index in [-0.39, 0.29) is 42.0 Å². The molecule has 0 spiro atoms. The first kappa shape index (κ1) is 34.1. The molecule has 2 aromatic rings. The molecule has 14 heteroatoms. The van der Waals surface area contributed by atoms with Crippen LogP contribution >= 0.6 is 0 Å². The van der Waals surface area contributed by atoms with Gasteiger partial charge in [0.1, 0.15) is 23.1 Å². The lowest BCUT2D eigenvalue weighted by atomic mass is 9.98. The van der Waals surface area contributed by atoms with Crippen molar-refractivity contribution in [2.45, 2.75) is 65.0 Å². The van der Waals surface area contributed by atoms with Crippen LogP contribution in [-0.4, -0.2) is 77.9 Å². The molecule has 1 saturated heterocycles. The van der Waals surface area contributed by atoms with E-state index in [0.717, 1.165) is 24.1 Å². The van der Waals surface area contributed by atoms with Crippen LogP contribution in [0, 0.1) is 5.82 Å². The highest BCUT2D eigenvalue weighted by molar-refractivity contribution is 6.05. The van der Waals surface area contributed by atoms with Gasteiger partial charge in [-0.25, -0.2) is 18.8 Å². The molecular weight excluding hydrogens is 590 g/mol. The number of hydrogen-bond donors (Lipinski definition) is 1. The molecule has 0 unspecified atom stereocenters. The van der Waals surface area contributed by atoms with Crippen LogP contribution in [0.5, 0.6) is 0 Å². The van der Waals surface area contributed by atoms with Gasteiger partial charge in [0.05, 0.1) is 30.5 Å². The summed E-state index contributed by atoms with van der Waals surface area (Å²) in [5.41, 5.74) is -3.44. The lowest BCUT2D eigenvalue weighted by molar-refractivity contribution is -0.148. The second-order valence-corrected chi connectivity index (χ2v) is 12.1. The Labute approximate surface area is 252 Å². The van der Waals surface area contributed by atoms with Crippen LogP contribution in [0.3, 0.4) is 0 Å². The van der Waals surface area contributed by atoms with E-state index in [1.54, 1.807) is 41.5 Å². The van der Waals surface area contributed by atoms with E-state index < -0.39 is 58.9 Å². The van der Waals surface area contributed by atoms with Crippen LogP contribution < -0.4 is 5.32 Å². The summed E-state index contributed by atoms with van der Waals surface area (Å²) < 4.78 is 70.1. The molecule has 240 valence electrons. The Kier molecular flexibility index (Phi) is 9.86. The second-order valence-electron chi connectivity index (χ2n) is 12.1. The Balaban J connectivity index is 2.08. The molecule has 1 aliphatic rings. The lowest BCUT2D eigenvalue weighted by Crippen LogP contribution is -2.60. The van der Waals surface area contributed by atoms with E-state index in [4.69, 9.17) is 14.2 Å². The summed E-state index contributed by atoms with van der Waals surface area (Å²) in [7, 11) is 1.11. The molecule has 0 radical (unpaired) electrons. The molecule has 0 saturated carbocycles. The van der Waals surface area contributed by atoms with Crippen molar-refractivity contribution in [3.63, 3.8) is 0 Å². The van der Waals surface area contributed by atoms with Crippen LogP contribution in [0.4, 0.5) is 32.8 Å². The summed E-state index contributed by atoms with van der Waals surface area (Å²) in [5.74, 6) is -2.81. The Bertz CT molecular complexity index is 1430. The first-order valence-electron chi connectivity index (χ1n) is 13.6. The molecule has 1 N–H and O–H groups in total. The Morgan fingerprint density at radius 3 is 2.07 bits per heavy atom. The number of methoxy groups -OCH3 is 1. The van der Waals surface area contributed by atoms with Gasteiger partial charge in [-0.1, -0.05) is 6.07 Å². The van der Waals surface area contributed by atoms with E-state index in [0.29, 0.717) is 6.07 Å². The average molecular weight is 626 g/mol. The van der Waals surface area contributed by atoms with E-state index in [2.05, 4.69) is 5.32 Å². The fourth-order valence-corrected chi connectivity index (χ4v) is 4.35. The van der Waals surface area contributed by atoms with Crippen LogP contribution in [0.15, 0.2) is 36.4 Å². The predicted octanol–water partition coefficient (Wildman–Crippen LogP) is 6.09. The zero-order valence-electron chi connectivity index (χ0n) is 25.4. The Morgan fingerprint density at radius 2 is 1.50 bits per heavy atom. The minimum absolute atomic E-state index is 0.0232. The van der Waals surface area contributed by atoms with Crippen molar-refractivity contribution in [3.05, 3.63) is 53.3 Å². The first-order valence-corrected chi connectivity index (χ1v) is 13.6. The summed E-state index contributed by atoms with van der Waals surface area (Å²) in [5, 5.41) is 2.46. The third-order valence-electron chi connectivity index (χ3n) is 6.21. The molecule has 1 atom stereocenters. The summed E-state index contributed by atoms with van der Waals surface area (Å²) in [6, 6.07) is 4.39. The molecule has 1 aliphatic heterocycles. The Hall–Kier alpha value is -4.36. The molecule has 2 aromatic carbocycles. The standard InChI is InChI=1S/C30H35F4N3O7/c1-28(2,3)43-26(40)35-22-9-8-17(18-12-19(30(32,33)34)15-20(31)13-18)14-21(22)24(38)37-11-10-36(16-23(37)25(39)42-7)27(41)44-29(4,5)6/h8-9,12-15,23H,10-11,16H2,1-7H3,(H,35,40)/t23-/m0/s1. The van der Waals surface area contributed by atoms with Crippen molar-refractivity contribution >= 4 is 29.8 Å². The number of carbonyl (C=O) groups is 4. The number of esters is 1. The SMILES string of the molecule is COC(=O)[C@@H]1CN(C(=O)OC(C)(C)C)CCN1C(=O)c1cc(-c2cc(F)cc(C(F)(F)F)c2)ccc1NC(=O)OC(C)(C)C. The molecule has 0 aromatic heterocycles. The van der Waals surface area contributed by atoms with Gasteiger partial charge in [0.2, 0.25) is 0 Å². The van der Waals surface area contributed by atoms with Gasteiger partial charge in [-0.2, -0.15) is 13.2 Å². The van der Waals surface area contributed by atoms with Crippen LogP contribution in [0.25, 0.3) is 11.1 Å². The Morgan fingerprint density at radius 1 is 0.864 bits per heavy atom. The number of nitrogens with one attached hydrogen (secondary N) is 1. The highest BCUT2D eigenvalue weighted by Crippen LogP contribution is 2.35. The fourth-order valence-electron chi connectivity index (χ4n) is 4.35. The predicted molar refractivity (Wildman–Crippen MR) is 151 cm³/mol.